The number of carbonyl (C=O) groups is 1. The van der Waals surface area contributed by atoms with Crippen molar-refractivity contribution in [3.05, 3.63) is 21.6 Å². The Balaban J connectivity index is 2.46. The highest BCUT2D eigenvalue weighted by molar-refractivity contribution is 6.28. The first kappa shape index (κ1) is 13.4. The number of anilines is 1. The predicted molar refractivity (Wildman–Crippen MR) is 63.3 cm³/mol. The molecule has 0 aromatic carbocycles. The fraction of sp³-hybridized carbons (Fsp3) is 0.444. The number of nitro groups is 1. The molecule has 0 aliphatic carbocycles. The van der Waals surface area contributed by atoms with Crippen LogP contribution in [0.25, 0.3) is 0 Å². The summed E-state index contributed by atoms with van der Waals surface area (Å²) in [5.74, 6) is -1.26. The van der Waals surface area contributed by atoms with Gasteiger partial charge in [-0.05, 0) is 11.6 Å². The minimum absolute atomic E-state index is 0.0753. The van der Waals surface area contributed by atoms with E-state index in [1.165, 1.54) is 4.90 Å². The van der Waals surface area contributed by atoms with E-state index < -0.39 is 22.6 Å². The van der Waals surface area contributed by atoms with E-state index in [0.29, 0.717) is 0 Å². The number of rotatable bonds is 3. The van der Waals surface area contributed by atoms with Crippen LogP contribution >= 0.6 is 11.6 Å². The van der Waals surface area contributed by atoms with Crippen molar-refractivity contribution in [3.8, 4) is 0 Å². The van der Waals surface area contributed by atoms with E-state index in [2.05, 4.69) is 9.97 Å². The fourth-order valence-electron chi connectivity index (χ4n) is 1.75. The van der Waals surface area contributed by atoms with Crippen molar-refractivity contribution in [3.63, 3.8) is 0 Å². The van der Waals surface area contributed by atoms with Gasteiger partial charge in [-0.25, -0.2) is 9.78 Å². The summed E-state index contributed by atoms with van der Waals surface area (Å²) in [5, 5.41) is 19.8. The minimum Gasteiger partial charge on any atom is -0.480 e. The first-order valence-electron chi connectivity index (χ1n) is 5.25. The number of hydrogen-bond donors (Lipinski definition) is 1. The number of aliphatic carboxylic acids is 1. The molecule has 0 saturated carbocycles. The average Bonchev–Trinajstić information content (AvgIpc) is 2.38. The Bertz CT molecular complexity index is 525. The normalized spacial score (nSPS) is 19.2. The monoisotopic (exact) mass is 288 g/mol. The van der Waals surface area contributed by atoms with Gasteiger partial charge in [0.25, 0.3) is 0 Å². The van der Waals surface area contributed by atoms with Crippen molar-refractivity contribution in [1.82, 2.24) is 9.97 Å². The molecule has 1 saturated heterocycles. The molecule has 0 bridgehead atoms. The lowest BCUT2D eigenvalue weighted by atomic mass is 10.2. The molecule has 1 atom stereocenters. The molecule has 2 heterocycles. The maximum Gasteiger partial charge on any atom is 0.329 e. The topological polar surface area (TPSA) is 119 Å². The molecule has 19 heavy (non-hydrogen) atoms. The van der Waals surface area contributed by atoms with Crippen molar-refractivity contribution in [2.75, 3.05) is 24.7 Å². The van der Waals surface area contributed by atoms with Gasteiger partial charge in [0, 0.05) is 6.54 Å². The van der Waals surface area contributed by atoms with E-state index in [1.807, 2.05) is 0 Å². The summed E-state index contributed by atoms with van der Waals surface area (Å²) in [4.78, 5) is 30.0. The van der Waals surface area contributed by atoms with Crippen molar-refractivity contribution in [2.24, 2.45) is 0 Å². The molecule has 10 heteroatoms. The Morgan fingerprint density at radius 1 is 1.68 bits per heavy atom. The summed E-state index contributed by atoms with van der Waals surface area (Å²) in [6.45, 7) is 0.349. The molecule has 1 aliphatic rings. The second-order valence-electron chi connectivity index (χ2n) is 3.73. The third-order valence-electron chi connectivity index (χ3n) is 2.60. The van der Waals surface area contributed by atoms with Gasteiger partial charge in [-0.1, -0.05) is 0 Å². The zero-order valence-corrected chi connectivity index (χ0v) is 10.3. The standard InChI is InChI=1S/C9H9ClN4O5/c10-9-11-3-5(14(17)18)7(12-9)13-1-2-19-4-6(13)8(15)16/h3,6H,1-2,4H2,(H,15,16). The molecule has 1 N–H and O–H groups in total. The lowest BCUT2D eigenvalue weighted by molar-refractivity contribution is -0.384. The quantitative estimate of drug-likeness (QED) is 0.480. The molecule has 0 amide bonds. The van der Waals surface area contributed by atoms with Crippen molar-refractivity contribution < 1.29 is 19.6 Å². The van der Waals surface area contributed by atoms with Crippen LogP contribution in [0.15, 0.2) is 6.20 Å². The van der Waals surface area contributed by atoms with Crippen LogP contribution in [0.1, 0.15) is 0 Å². The van der Waals surface area contributed by atoms with Gasteiger partial charge < -0.3 is 14.7 Å². The number of aromatic nitrogens is 2. The summed E-state index contributed by atoms with van der Waals surface area (Å²) >= 11 is 5.62. The molecule has 0 spiro atoms. The maximum atomic E-state index is 11.1. The number of hydrogen-bond acceptors (Lipinski definition) is 7. The van der Waals surface area contributed by atoms with Crippen LogP contribution in [0.4, 0.5) is 11.5 Å². The van der Waals surface area contributed by atoms with Crippen molar-refractivity contribution >= 4 is 29.1 Å². The van der Waals surface area contributed by atoms with E-state index in [4.69, 9.17) is 21.4 Å². The molecule has 0 radical (unpaired) electrons. The van der Waals surface area contributed by atoms with E-state index in [1.54, 1.807) is 0 Å². The molecule has 1 aliphatic heterocycles. The molecular formula is C9H9ClN4O5. The second-order valence-corrected chi connectivity index (χ2v) is 4.07. The summed E-state index contributed by atoms with van der Waals surface area (Å²) in [5.41, 5.74) is -0.391. The van der Waals surface area contributed by atoms with Crippen LogP contribution in [0.5, 0.6) is 0 Å². The molecular weight excluding hydrogens is 280 g/mol. The summed E-state index contributed by atoms with van der Waals surface area (Å²) < 4.78 is 5.06. The van der Waals surface area contributed by atoms with Crippen LogP contribution in [-0.2, 0) is 9.53 Å². The highest BCUT2D eigenvalue weighted by Crippen LogP contribution is 2.28. The summed E-state index contributed by atoms with van der Waals surface area (Å²) in [6.07, 6.45) is 0.957. The van der Waals surface area contributed by atoms with Crippen LogP contribution in [0.3, 0.4) is 0 Å². The molecule has 2 rings (SSSR count). The first-order chi connectivity index (χ1) is 9.00. The zero-order chi connectivity index (χ0) is 14.0. The van der Waals surface area contributed by atoms with Gasteiger partial charge in [0.2, 0.25) is 11.1 Å². The van der Waals surface area contributed by atoms with Gasteiger partial charge in [0.05, 0.1) is 18.1 Å². The number of nitrogens with zero attached hydrogens (tertiary/aromatic N) is 4. The van der Waals surface area contributed by atoms with Crippen LogP contribution in [-0.4, -0.2) is 51.8 Å². The van der Waals surface area contributed by atoms with E-state index in [0.717, 1.165) is 6.20 Å². The number of carboxylic acid groups (broad SMARTS) is 1. The SMILES string of the molecule is O=C(O)C1COCCN1c1nc(Cl)ncc1[N+](=O)[O-]. The fourth-order valence-corrected chi connectivity index (χ4v) is 1.88. The molecule has 1 fully saturated rings. The van der Waals surface area contributed by atoms with Gasteiger partial charge in [0.15, 0.2) is 6.04 Å². The predicted octanol–water partition coefficient (Wildman–Crippen LogP) is 0.328. The van der Waals surface area contributed by atoms with Gasteiger partial charge in [-0.2, -0.15) is 4.98 Å². The van der Waals surface area contributed by atoms with Crippen LogP contribution in [0.2, 0.25) is 5.28 Å². The number of ether oxygens (including phenoxy) is 1. The lowest BCUT2D eigenvalue weighted by Crippen LogP contribution is -2.50. The third-order valence-corrected chi connectivity index (χ3v) is 2.79. The molecule has 102 valence electrons. The highest BCUT2D eigenvalue weighted by Gasteiger charge is 2.34. The van der Waals surface area contributed by atoms with Gasteiger partial charge in [-0.3, -0.25) is 10.1 Å². The minimum atomic E-state index is -1.15. The first-order valence-corrected chi connectivity index (χ1v) is 5.62. The number of carboxylic acids is 1. The van der Waals surface area contributed by atoms with Gasteiger partial charge in [0.1, 0.15) is 6.20 Å². The van der Waals surface area contributed by atoms with E-state index in [-0.39, 0.29) is 30.9 Å². The summed E-state index contributed by atoms with van der Waals surface area (Å²) in [6, 6.07) is -1.04. The Morgan fingerprint density at radius 2 is 2.42 bits per heavy atom. The largest absolute Gasteiger partial charge is 0.480 e. The van der Waals surface area contributed by atoms with Crippen molar-refractivity contribution in [2.45, 2.75) is 6.04 Å². The smallest absolute Gasteiger partial charge is 0.329 e. The van der Waals surface area contributed by atoms with Gasteiger partial charge >= 0.3 is 11.7 Å². The van der Waals surface area contributed by atoms with Crippen LogP contribution < -0.4 is 4.90 Å². The molecule has 1 aromatic heterocycles. The molecule has 1 aromatic rings. The summed E-state index contributed by atoms with van der Waals surface area (Å²) in [7, 11) is 0. The number of halogens is 1. The van der Waals surface area contributed by atoms with E-state index >= 15 is 0 Å². The van der Waals surface area contributed by atoms with Gasteiger partial charge in [-0.15, -0.1) is 0 Å². The van der Waals surface area contributed by atoms with Crippen LogP contribution in [0, 0.1) is 10.1 Å². The molecule has 1 unspecified atom stereocenters. The highest BCUT2D eigenvalue weighted by atomic mass is 35.5. The Hall–Kier alpha value is -2.00. The maximum absolute atomic E-state index is 11.1. The van der Waals surface area contributed by atoms with Crippen molar-refractivity contribution in [1.29, 1.82) is 0 Å². The zero-order valence-electron chi connectivity index (χ0n) is 9.52. The third kappa shape index (κ3) is 2.71. The van der Waals surface area contributed by atoms with E-state index in [9.17, 15) is 14.9 Å². The number of morpholine rings is 1. The Labute approximate surface area is 111 Å². The Morgan fingerprint density at radius 3 is 3.05 bits per heavy atom. The second kappa shape index (κ2) is 5.33. The average molecular weight is 289 g/mol. The lowest BCUT2D eigenvalue weighted by Gasteiger charge is -2.33. The Kier molecular flexibility index (Phi) is 3.76. The molecule has 9 nitrogen and oxygen atoms in total.